The normalized spacial score (nSPS) is 32.5. The van der Waals surface area contributed by atoms with Gasteiger partial charge in [0.15, 0.2) is 28.8 Å². The highest BCUT2D eigenvalue weighted by Crippen LogP contribution is 2.44. The van der Waals surface area contributed by atoms with Crippen LogP contribution in [0.15, 0.2) is 39.5 Å². The molecule has 4 unspecified atom stereocenters. The van der Waals surface area contributed by atoms with Crippen molar-refractivity contribution >= 4 is 11.0 Å². The highest BCUT2D eigenvalue weighted by molar-refractivity contribution is 5.89. The average Bonchev–Trinajstić information content (AvgIpc) is 2.99. The predicted molar refractivity (Wildman–Crippen MR) is 145 cm³/mol. The van der Waals surface area contributed by atoms with Gasteiger partial charge in [0, 0.05) is 17.7 Å². The lowest BCUT2D eigenvalue weighted by Crippen LogP contribution is -2.60. The van der Waals surface area contributed by atoms with Crippen molar-refractivity contribution in [2.75, 3.05) is 20.3 Å². The van der Waals surface area contributed by atoms with E-state index in [1.54, 1.807) is 0 Å². The lowest BCUT2D eigenvalue weighted by molar-refractivity contribution is -0.314. The van der Waals surface area contributed by atoms with Crippen molar-refractivity contribution in [1.29, 1.82) is 0 Å². The number of phenolic OH excluding ortho intramolecular Hbond substituents is 3. The molecule has 0 aliphatic carbocycles. The zero-order valence-corrected chi connectivity index (χ0v) is 23.0. The Hall–Kier alpha value is -3.55. The van der Waals surface area contributed by atoms with Crippen molar-refractivity contribution in [2.24, 2.45) is 0 Å². The summed E-state index contributed by atoms with van der Waals surface area (Å²) >= 11 is 0. The number of fused-ring (bicyclic) bond motifs is 1. The van der Waals surface area contributed by atoms with E-state index in [2.05, 4.69) is 0 Å². The Morgan fingerprint density at radius 2 is 1.45 bits per heavy atom. The Labute approximate surface area is 247 Å². The molecule has 0 spiro atoms. The van der Waals surface area contributed by atoms with Gasteiger partial charge in [0.2, 0.25) is 0 Å². The molecular weight excluding hydrogens is 592 g/mol. The minimum atomic E-state index is -1.92. The summed E-state index contributed by atoms with van der Waals surface area (Å²) in [6.07, 6.45) is -16.9. The van der Waals surface area contributed by atoms with E-state index in [0.717, 1.165) is 12.1 Å². The summed E-state index contributed by atoms with van der Waals surface area (Å²) in [6, 6.07) is 5.90. The molecule has 0 bridgehead atoms. The predicted octanol–water partition coefficient (Wildman–Crippen LogP) is -2.08. The van der Waals surface area contributed by atoms with Crippen LogP contribution in [0.3, 0.4) is 0 Å². The summed E-state index contributed by atoms with van der Waals surface area (Å²) in [4.78, 5) is 13.1. The van der Waals surface area contributed by atoms with Crippen LogP contribution < -0.4 is 10.2 Å². The first-order valence-corrected chi connectivity index (χ1v) is 13.4. The minimum absolute atomic E-state index is 0.0506. The van der Waals surface area contributed by atoms with E-state index in [1.165, 1.54) is 25.3 Å². The molecule has 16 nitrogen and oxygen atoms in total. The Morgan fingerprint density at radius 3 is 2.14 bits per heavy atom. The Morgan fingerprint density at radius 1 is 0.773 bits per heavy atom. The molecule has 10 atom stereocenters. The number of rotatable bonds is 7. The number of ether oxygens (including phenoxy) is 4. The molecule has 0 amide bonds. The van der Waals surface area contributed by atoms with Gasteiger partial charge in [-0.1, -0.05) is 0 Å². The van der Waals surface area contributed by atoms with Crippen LogP contribution in [0.1, 0.15) is 11.7 Å². The second-order valence-corrected chi connectivity index (χ2v) is 10.5. The van der Waals surface area contributed by atoms with Gasteiger partial charge >= 0.3 is 0 Å². The van der Waals surface area contributed by atoms with Gasteiger partial charge < -0.3 is 74.4 Å². The molecule has 1 aromatic heterocycles. The second-order valence-electron chi connectivity index (χ2n) is 10.5. The van der Waals surface area contributed by atoms with Crippen LogP contribution in [0.2, 0.25) is 0 Å². The standard InChI is InChI=1S/C28H32O16/c1-40-15-4-9(2-3-10(15)30)14-6-13(33)18-11(31)5-12(32)19(26(18)42-14)27-24(38)22(36)21(35)17(43-27)8-41-28-25(39)23(37)20(34)16(7-29)44-28/h2-6,16-17,20-25,27-32,34-39H,7-8H2,1H3/t16?,17?,20-,21-,22+,23+,24?,25?,27+,28-/m1/s1. The third-order valence-electron chi connectivity index (χ3n) is 7.73. The molecule has 0 radical (unpaired) electrons. The van der Waals surface area contributed by atoms with Gasteiger partial charge in [0.05, 0.1) is 25.9 Å². The minimum Gasteiger partial charge on any atom is -0.507 e. The van der Waals surface area contributed by atoms with Gasteiger partial charge in [-0.15, -0.1) is 0 Å². The summed E-state index contributed by atoms with van der Waals surface area (Å²) < 4.78 is 27.6. The highest BCUT2D eigenvalue weighted by Gasteiger charge is 2.48. The monoisotopic (exact) mass is 624 g/mol. The molecule has 2 aliphatic heterocycles. The van der Waals surface area contributed by atoms with Crippen LogP contribution in [0, 0.1) is 0 Å². The first-order valence-electron chi connectivity index (χ1n) is 13.4. The van der Waals surface area contributed by atoms with Crippen molar-refractivity contribution in [3.05, 3.63) is 46.1 Å². The molecule has 0 saturated carbocycles. The smallest absolute Gasteiger partial charge is 0.197 e. The molecule has 2 saturated heterocycles. The lowest BCUT2D eigenvalue weighted by atomic mass is 9.89. The average molecular weight is 625 g/mol. The van der Waals surface area contributed by atoms with Crippen molar-refractivity contribution < 1.29 is 74.4 Å². The quantitative estimate of drug-likeness (QED) is 0.135. The maximum atomic E-state index is 13.1. The van der Waals surface area contributed by atoms with Crippen molar-refractivity contribution in [3.63, 3.8) is 0 Å². The Kier molecular flexibility index (Phi) is 9.01. The first-order chi connectivity index (χ1) is 20.9. The topological polar surface area (TPSA) is 269 Å². The number of methoxy groups -OCH3 is 1. The fourth-order valence-corrected chi connectivity index (χ4v) is 5.29. The molecule has 16 heteroatoms. The van der Waals surface area contributed by atoms with Gasteiger partial charge in [0.1, 0.15) is 77.6 Å². The maximum Gasteiger partial charge on any atom is 0.197 e. The number of aliphatic hydroxyl groups is 7. The van der Waals surface area contributed by atoms with Crippen molar-refractivity contribution in [2.45, 2.75) is 61.2 Å². The van der Waals surface area contributed by atoms with E-state index >= 15 is 0 Å². The van der Waals surface area contributed by atoms with Gasteiger partial charge in [-0.3, -0.25) is 4.79 Å². The summed E-state index contributed by atoms with van der Waals surface area (Å²) in [5, 5.41) is 103. The molecule has 2 aliphatic rings. The van der Waals surface area contributed by atoms with Crippen LogP contribution in [-0.2, 0) is 14.2 Å². The highest BCUT2D eigenvalue weighted by atomic mass is 16.7. The summed E-state index contributed by atoms with van der Waals surface area (Å²) in [5.74, 6) is -1.62. The van der Waals surface area contributed by atoms with E-state index < -0.39 is 102 Å². The molecule has 44 heavy (non-hydrogen) atoms. The summed E-state index contributed by atoms with van der Waals surface area (Å²) in [7, 11) is 1.31. The van der Waals surface area contributed by atoms with Gasteiger partial charge in [0.25, 0.3) is 0 Å². The van der Waals surface area contributed by atoms with Crippen molar-refractivity contribution in [3.8, 4) is 34.3 Å². The molecule has 240 valence electrons. The number of aliphatic hydroxyl groups excluding tert-OH is 7. The Bertz CT molecular complexity index is 1550. The first kappa shape index (κ1) is 31.9. The van der Waals surface area contributed by atoms with Crippen LogP contribution in [0.25, 0.3) is 22.3 Å². The third kappa shape index (κ3) is 5.56. The van der Waals surface area contributed by atoms with Crippen molar-refractivity contribution in [1.82, 2.24) is 0 Å². The number of benzene rings is 2. The fraction of sp³-hybridized carbons (Fsp3) is 0.464. The molecule has 10 N–H and O–H groups in total. The largest absolute Gasteiger partial charge is 0.507 e. The van der Waals surface area contributed by atoms with Gasteiger partial charge in [-0.25, -0.2) is 0 Å². The SMILES string of the molecule is COc1cc(-c2cc(=O)c3c(O)cc(O)c([C@@H]4OC(CO[C@@H]5OC(CO)[C@@H](O)[C@H](O)C5O)[C@@H](O)[C@H](O)C4O)c3o2)ccc1O. The zero-order chi connectivity index (χ0) is 32.0. The summed E-state index contributed by atoms with van der Waals surface area (Å²) in [6.45, 7) is -1.37. The van der Waals surface area contributed by atoms with E-state index in [4.69, 9.17) is 23.4 Å². The summed E-state index contributed by atoms with van der Waals surface area (Å²) in [5.41, 5.74) is -1.32. The number of phenols is 3. The van der Waals surface area contributed by atoms with Crippen LogP contribution in [0.4, 0.5) is 0 Å². The van der Waals surface area contributed by atoms with E-state index in [-0.39, 0.29) is 28.4 Å². The molecule has 3 heterocycles. The molecule has 3 aromatic rings. The van der Waals surface area contributed by atoms with E-state index in [0.29, 0.717) is 0 Å². The van der Waals surface area contributed by atoms with E-state index in [9.17, 15) is 55.9 Å². The van der Waals surface area contributed by atoms with Gasteiger partial charge in [-0.2, -0.15) is 0 Å². The second kappa shape index (κ2) is 12.4. The van der Waals surface area contributed by atoms with Crippen LogP contribution >= 0.6 is 0 Å². The number of hydrogen-bond acceptors (Lipinski definition) is 16. The molecular formula is C28H32O16. The van der Waals surface area contributed by atoms with E-state index in [1.807, 2.05) is 0 Å². The van der Waals surface area contributed by atoms with Crippen LogP contribution in [0.5, 0.6) is 23.0 Å². The molecule has 2 fully saturated rings. The Balaban J connectivity index is 1.52. The molecule has 5 rings (SSSR count). The lowest BCUT2D eigenvalue weighted by Gasteiger charge is -2.43. The van der Waals surface area contributed by atoms with Crippen LogP contribution in [-0.4, -0.2) is 127 Å². The number of aromatic hydroxyl groups is 3. The zero-order valence-electron chi connectivity index (χ0n) is 23.0. The van der Waals surface area contributed by atoms with Gasteiger partial charge in [-0.05, 0) is 18.2 Å². The fourth-order valence-electron chi connectivity index (χ4n) is 5.29. The number of hydrogen-bond donors (Lipinski definition) is 10. The molecule has 2 aromatic carbocycles. The maximum absolute atomic E-state index is 13.1. The third-order valence-corrected chi connectivity index (χ3v) is 7.73.